The van der Waals surface area contributed by atoms with Gasteiger partial charge in [-0.3, -0.25) is 4.79 Å². The number of hydrogen-bond donors (Lipinski definition) is 1. The van der Waals surface area contributed by atoms with Gasteiger partial charge in [0.15, 0.2) is 0 Å². The summed E-state index contributed by atoms with van der Waals surface area (Å²) in [5.74, 6) is -1.45. The summed E-state index contributed by atoms with van der Waals surface area (Å²) in [5, 5.41) is 9.04. The fourth-order valence-corrected chi connectivity index (χ4v) is 2.44. The lowest BCUT2D eigenvalue weighted by Gasteiger charge is -2.18. The molecule has 5 heteroatoms. The Kier molecular flexibility index (Phi) is 3.17. The number of carboxylic acids is 1. The van der Waals surface area contributed by atoms with E-state index >= 15 is 0 Å². The van der Waals surface area contributed by atoms with Crippen molar-refractivity contribution in [1.29, 1.82) is 0 Å². The molecule has 0 fully saturated rings. The van der Waals surface area contributed by atoms with Crippen LogP contribution in [0, 0.1) is 5.82 Å². The first-order valence-electron chi connectivity index (χ1n) is 6.45. The highest BCUT2D eigenvalue weighted by Gasteiger charge is 2.28. The van der Waals surface area contributed by atoms with E-state index in [2.05, 4.69) is 0 Å². The van der Waals surface area contributed by atoms with E-state index < -0.39 is 5.97 Å². The number of halogens is 1. The molecule has 1 amide bonds. The maximum absolute atomic E-state index is 12.9. The second-order valence-electron chi connectivity index (χ2n) is 4.93. The average Bonchev–Trinajstić information content (AvgIpc) is 2.77. The first-order chi connectivity index (χ1) is 10.0. The van der Waals surface area contributed by atoms with Crippen LogP contribution in [0.4, 0.5) is 10.1 Å². The van der Waals surface area contributed by atoms with Gasteiger partial charge in [-0.05, 0) is 35.4 Å². The molecule has 0 atom stereocenters. The summed E-state index contributed by atoms with van der Waals surface area (Å²) < 4.78 is 12.9. The molecule has 0 unspecified atom stereocenters. The van der Waals surface area contributed by atoms with Gasteiger partial charge in [0.1, 0.15) is 5.82 Å². The molecule has 0 aromatic heterocycles. The predicted molar refractivity (Wildman–Crippen MR) is 74.7 cm³/mol. The van der Waals surface area contributed by atoms with Crippen LogP contribution in [0.15, 0.2) is 42.5 Å². The van der Waals surface area contributed by atoms with Crippen LogP contribution >= 0.6 is 0 Å². The zero-order chi connectivity index (χ0) is 15.0. The number of fused-ring (bicyclic) bond motifs is 1. The normalized spacial score (nSPS) is 13.4. The predicted octanol–water partition coefficient (Wildman–Crippen LogP) is 2.61. The van der Waals surface area contributed by atoms with Gasteiger partial charge < -0.3 is 10.0 Å². The summed E-state index contributed by atoms with van der Waals surface area (Å²) in [4.78, 5) is 24.7. The van der Waals surface area contributed by atoms with Crippen LogP contribution in [0.5, 0.6) is 0 Å². The summed E-state index contributed by atoms with van der Waals surface area (Å²) in [7, 11) is 0. The van der Waals surface area contributed by atoms with Crippen molar-refractivity contribution in [3.63, 3.8) is 0 Å². The largest absolute Gasteiger partial charge is 0.478 e. The van der Waals surface area contributed by atoms with E-state index in [0.717, 1.165) is 11.1 Å². The molecule has 2 aromatic carbocycles. The van der Waals surface area contributed by atoms with Gasteiger partial charge in [0.2, 0.25) is 5.91 Å². The van der Waals surface area contributed by atoms with Crippen LogP contribution in [0.3, 0.4) is 0 Å². The van der Waals surface area contributed by atoms with E-state index in [-0.39, 0.29) is 23.7 Å². The standard InChI is InChI=1S/C16H12FNO3/c17-13-5-1-10(2-6-13)9-18-14-7-12(16(20)21)4-3-11(14)8-15(18)19/h1-7H,8-9H2,(H,20,21). The highest BCUT2D eigenvalue weighted by atomic mass is 19.1. The minimum absolute atomic E-state index is 0.0862. The summed E-state index contributed by atoms with van der Waals surface area (Å²) >= 11 is 0. The number of anilines is 1. The maximum Gasteiger partial charge on any atom is 0.335 e. The quantitative estimate of drug-likeness (QED) is 0.943. The lowest BCUT2D eigenvalue weighted by molar-refractivity contribution is -0.117. The third-order valence-electron chi connectivity index (χ3n) is 3.52. The van der Waals surface area contributed by atoms with Crippen molar-refractivity contribution in [1.82, 2.24) is 0 Å². The van der Waals surface area contributed by atoms with Gasteiger partial charge in [0.05, 0.1) is 18.5 Å². The highest BCUT2D eigenvalue weighted by Crippen LogP contribution is 2.31. The molecule has 1 aliphatic heterocycles. The van der Waals surface area contributed by atoms with Crippen LogP contribution in [-0.2, 0) is 17.8 Å². The topological polar surface area (TPSA) is 57.6 Å². The van der Waals surface area contributed by atoms with E-state index in [1.807, 2.05) is 0 Å². The third kappa shape index (κ3) is 2.50. The monoisotopic (exact) mass is 285 g/mol. The average molecular weight is 285 g/mol. The molecule has 0 saturated carbocycles. The third-order valence-corrected chi connectivity index (χ3v) is 3.52. The van der Waals surface area contributed by atoms with E-state index in [1.165, 1.54) is 29.2 Å². The van der Waals surface area contributed by atoms with Gasteiger partial charge in [-0.2, -0.15) is 0 Å². The molecule has 106 valence electrons. The Morgan fingerprint density at radius 3 is 2.57 bits per heavy atom. The molecule has 0 saturated heterocycles. The molecule has 0 spiro atoms. The molecule has 4 nitrogen and oxygen atoms in total. The van der Waals surface area contributed by atoms with Crippen molar-refractivity contribution in [2.24, 2.45) is 0 Å². The Bertz CT molecular complexity index is 725. The van der Waals surface area contributed by atoms with Crippen molar-refractivity contribution in [3.05, 3.63) is 65.0 Å². The zero-order valence-electron chi connectivity index (χ0n) is 11.0. The minimum atomic E-state index is -1.03. The first kappa shape index (κ1) is 13.3. The number of aromatic carboxylic acids is 1. The lowest BCUT2D eigenvalue weighted by Crippen LogP contribution is -2.26. The Hall–Kier alpha value is -2.69. The number of carbonyl (C=O) groups excluding carboxylic acids is 1. The highest BCUT2D eigenvalue weighted by molar-refractivity contribution is 6.02. The summed E-state index contributed by atoms with van der Waals surface area (Å²) in [5.41, 5.74) is 2.36. The Labute approximate surface area is 120 Å². The van der Waals surface area contributed by atoms with Crippen LogP contribution in [0.2, 0.25) is 0 Å². The summed E-state index contributed by atoms with van der Waals surface area (Å²) in [6.45, 7) is 0.301. The molecule has 1 heterocycles. The first-order valence-corrected chi connectivity index (χ1v) is 6.45. The van der Waals surface area contributed by atoms with E-state index in [9.17, 15) is 14.0 Å². The van der Waals surface area contributed by atoms with Crippen molar-refractivity contribution >= 4 is 17.6 Å². The molecule has 0 aliphatic carbocycles. The molecule has 3 rings (SSSR count). The minimum Gasteiger partial charge on any atom is -0.478 e. The SMILES string of the molecule is O=C(O)c1ccc2c(c1)N(Cc1ccc(F)cc1)C(=O)C2. The fourth-order valence-electron chi connectivity index (χ4n) is 2.44. The second-order valence-corrected chi connectivity index (χ2v) is 4.93. The molecule has 21 heavy (non-hydrogen) atoms. The van der Waals surface area contributed by atoms with Crippen molar-refractivity contribution in [2.75, 3.05) is 4.90 Å². The van der Waals surface area contributed by atoms with Crippen LogP contribution < -0.4 is 4.90 Å². The molecule has 0 bridgehead atoms. The van der Waals surface area contributed by atoms with Crippen LogP contribution in [-0.4, -0.2) is 17.0 Å². The molecular formula is C16H12FNO3. The van der Waals surface area contributed by atoms with Gasteiger partial charge in [-0.25, -0.2) is 9.18 Å². The lowest BCUT2D eigenvalue weighted by atomic mass is 10.1. The smallest absolute Gasteiger partial charge is 0.335 e. The Morgan fingerprint density at radius 2 is 1.90 bits per heavy atom. The van der Waals surface area contributed by atoms with E-state index in [1.54, 1.807) is 18.2 Å². The number of amides is 1. The van der Waals surface area contributed by atoms with Crippen molar-refractivity contribution < 1.29 is 19.1 Å². The Balaban J connectivity index is 1.93. The molecule has 1 N–H and O–H groups in total. The maximum atomic E-state index is 12.9. The number of carbonyl (C=O) groups is 2. The number of benzene rings is 2. The molecular weight excluding hydrogens is 273 g/mol. The van der Waals surface area contributed by atoms with E-state index in [4.69, 9.17) is 5.11 Å². The van der Waals surface area contributed by atoms with Gasteiger partial charge in [0.25, 0.3) is 0 Å². The molecule has 2 aromatic rings. The summed E-state index contributed by atoms with van der Waals surface area (Å²) in [6, 6.07) is 10.6. The number of nitrogens with zero attached hydrogens (tertiary/aromatic N) is 1. The summed E-state index contributed by atoms with van der Waals surface area (Å²) in [6.07, 6.45) is 0.260. The molecule has 0 radical (unpaired) electrons. The van der Waals surface area contributed by atoms with Gasteiger partial charge in [0, 0.05) is 5.69 Å². The van der Waals surface area contributed by atoms with Crippen molar-refractivity contribution in [2.45, 2.75) is 13.0 Å². The Morgan fingerprint density at radius 1 is 1.19 bits per heavy atom. The van der Waals surface area contributed by atoms with Gasteiger partial charge in [-0.1, -0.05) is 18.2 Å². The second kappa shape index (κ2) is 5.01. The number of hydrogen-bond acceptors (Lipinski definition) is 2. The van der Waals surface area contributed by atoms with Crippen LogP contribution in [0.25, 0.3) is 0 Å². The number of rotatable bonds is 3. The van der Waals surface area contributed by atoms with Crippen molar-refractivity contribution in [3.8, 4) is 0 Å². The van der Waals surface area contributed by atoms with Gasteiger partial charge >= 0.3 is 5.97 Å². The van der Waals surface area contributed by atoms with Crippen LogP contribution in [0.1, 0.15) is 21.5 Å². The van der Waals surface area contributed by atoms with Gasteiger partial charge in [-0.15, -0.1) is 0 Å². The molecule has 1 aliphatic rings. The zero-order valence-corrected chi connectivity index (χ0v) is 11.0. The number of carboxylic acid groups (broad SMARTS) is 1. The van der Waals surface area contributed by atoms with E-state index in [0.29, 0.717) is 12.2 Å². The fraction of sp³-hybridized carbons (Fsp3) is 0.125.